The summed E-state index contributed by atoms with van der Waals surface area (Å²) in [6.45, 7) is 6.70. The van der Waals surface area contributed by atoms with Crippen LogP contribution >= 0.6 is 11.8 Å². The van der Waals surface area contributed by atoms with E-state index in [1.165, 1.54) is 11.8 Å². The molecule has 3 rings (SSSR count). The van der Waals surface area contributed by atoms with Crippen LogP contribution in [0.2, 0.25) is 0 Å². The first-order valence-corrected chi connectivity index (χ1v) is 13.1. The largest absolute Gasteiger partial charge is 0.481 e. The second kappa shape index (κ2) is 12.4. The van der Waals surface area contributed by atoms with Crippen LogP contribution in [-0.2, 0) is 15.0 Å². The van der Waals surface area contributed by atoms with E-state index in [-0.39, 0.29) is 19.4 Å². The van der Waals surface area contributed by atoms with Crippen molar-refractivity contribution in [3.63, 3.8) is 0 Å². The van der Waals surface area contributed by atoms with Gasteiger partial charge in [-0.1, -0.05) is 51.1 Å². The zero-order valence-electron chi connectivity index (χ0n) is 21.3. The van der Waals surface area contributed by atoms with Crippen molar-refractivity contribution in [2.75, 3.05) is 23.7 Å². The molecule has 0 amide bonds. The molecule has 1 heterocycles. The quantitative estimate of drug-likeness (QED) is 0.174. The highest BCUT2D eigenvalue weighted by molar-refractivity contribution is 8.14. The van der Waals surface area contributed by atoms with Gasteiger partial charge in [0.15, 0.2) is 0 Å². The van der Waals surface area contributed by atoms with Crippen molar-refractivity contribution in [2.24, 2.45) is 4.99 Å². The number of hydrogen-bond donors (Lipinski definition) is 2. The maximum Gasteiger partial charge on any atom is 0.305 e. The topological polar surface area (TPSA) is 114 Å². The van der Waals surface area contributed by atoms with Gasteiger partial charge >= 0.3 is 11.9 Å². The van der Waals surface area contributed by atoms with Gasteiger partial charge in [0.05, 0.1) is 36.1 Å². The van der Waals surface area contributed by atoms with Gasteiger partial charge in [0.2, 0.25) is 0 Å². The molecule has 37 heavy (non-hydrogen) atoms. The number of allylic oxidation sites excluding steroid dienone is 5. The summed E-state index contributed by atoms with van der Waals surface area (Å²) in [5.41, 5.74) is 3.02. The van der Waals surface area contributed by atoms with Crippen molar-refractivity contribution in [2.45, 2.75) is 39.0 Å². The van der Waals surface area contributed by atoms with E-state index < -0.39 is 17.4 Å². The van der Waals surface area contributed by atoms with Crippen molar-refractivity contribution in [3.8, 4) is 6.07 Å². The average Bonchev–Trinajstić information content (AvgIpc) is 3.08. The fourth-order valence-corrected chi connectivity index (χ4v) is 5.14. The van der Waals surface area contributed by atoms with Gasteiger partial charge in [-0.05, 0) is 52.5 Å². The Kier molecular flexibility index (Phi) is 9.31. The Balaban J connectivity index is 2.01. The van der Waals surface area contributed by atoms with Crippen LogP contribution in [0.1, 0.15) is 39.2 Å². The number of nitriles is 1. The van der Waals surface area contributed by atoms with Crippen molar-refractivity contribution in [1.82, 2.24) is 0 Å². The van der Waals surface area contributed by atoms with E-state index in [4.69, 9.17) is 5.11 Å². The van der Waals surface area contributed by atoms with Crippen LogP contribution in [-0.4, -0.2) is 46.0 Å². The summed E-state index contributed by atoms with van der Waals surface area (Å²) >= 11 is 1.48. The number of carboxylic acids is 2. The second-order valence-corrected chi connectivity index (χ2v) is 10.3. The first-order chi connectivity index (χ1) is 17.7. The Bertz CT molecular complexity index is 1350. The predicted octanol–water partition coefficient (Wildman–Crippen LogP) is 5.93. The first-order valence-electron chi connectivity index (χ1n) is 12.1. The van der Waals surface area contributed by atoms with E-state index in [1.54, 1.807) is 18.2 Å². The van der Waals surface area contributed by atoms with Gasteiger partial charge in [-0.3, -0.25) is 14.6 Å². The summed E-state index contributed by atoms with van der Waals surface area (Å²) in [5.74, 6) is -1.01. The molecule has 2 aromatic carbocycles. The summed E-state index contributed by atoms with van der Waals surface area (Å²) in [7, 11) is 0. The normalized spacial score (nSPS) is 16.4. The van der Waals surface area contributed by atoms with Gasteiger partial charge in [-0.25, -0.2) is 0 Å². The third kappa shape index (κ3) is 6.69. The van der Waals surface area contributed by atoms with Crippen LogP contribution in [0.25, 0.3) is 10.8 Å². The average molecular weight is 518 g/mol. The van der Waals surface area contributed by atoms with E-state index in [0.717, 1.165) is 33.5 Å². The lowest BCUT2D eigenvalue weighted by molar-refractivity contribution is -0.137. The highest BCUT2D eigenvalue weighted by Crippen LogP contribution is 2.50. The maximum absolute atomic E-state index is 11.4. The van der Waals surface area contributed by atoms with Gasteiger partial charge in [0.25, 0.3) is 0 Å². The molecule has 0 unspecified atom stereocenters. The number of nitrogens with zero attached hydrogens (tertiary/aromatic N) is 3. The van der Waals surface area contributed by atoms with Crippen molar-refractivity contribution in [3.05, 3.63) is 77.5 Å². The minimum absolute atomic E-state index is 0.0151. The molecule has 0 aliphatic carbocycles. The summed E-state index contributed by atoms with van der Waals surface area (Å²) < 4.78 is 0. The van der Waals surface area contributed by atoms with Gasteiger partial charge in [0, 0.05) is 23.3 Å². The molecule has 0 saturated heterocycles. The number of fused-ring (bicyclic) bond motifs is 3. The zero-order chi connectivity index (χ0) is 27.0. The molecule has 1 aliphatic heterocycles. The molecular formula is C29H31N3O4S. The van der Waals surface area contributed by atoms with Crippen LogP contribution in [0.3, 0.4) is 0 Å². The highest BCUT2D eigenvalue weighted by atomic mass is 32.2. The number of anilines is 1. The van der Waals surface area contributed by atoms with Crippen molar-refractivity contribution >= 4 is 45.2 Å². The van der Waals surface area contributed by atoms with Gasteiger partial charge in [-0.2, -0.15) is 5.26 Å². The van der Waals surface area contributed by atoms with Gasteiger partial charge in [-0.15, -0.1) is 11.8 Å². The number of carboxylic acid groups (broad SMARTS) is 2. The standard InChI is InChI=1S/C29H31N3O4S/c1-4-37-25(31-17-15-26(33)34)14-10-20(19-30)9-13-24-29(2,3)28-22-8-6-5-7-21(22)11-12-23(28)32(24)18-16-27(35)36/h5-14H,4,15-18H2,1-3H3,(H,33,34)(H,35,36)/b14-10+,20-9-,24-13+,31-25+. The lowest BCUT2D eigenvalue weighted by Gasteiger charge is -2.26. The Morgan fingerprint density at radius 1 is 1.11 bits per heavy atom. The van der Waals surface area contributed by atoms with E-state index in [9.17, 15) is 20.0 Å². The van der Waals surface area contributed by atoms with E-state index >= 15 is 0 Å². The minimum atomic E-state index is -0.904. The summed E-state index contributed by atoms with van der Waals surface area (Å²) in [6.07, 6.45) is 6.97. The maximum atomic E-state index is 11.4. The number of carbonyl (C=O) groups is 2. The number of hydrogen-bond acceptors (Lipinski definition) is 6. The second-order valence-electron chi connectivity index (χ2n) is 9.02. The zero-order valence-corrected chi connectivity index (χ0v) is 22.1. The number of benzene rings is 2. The molecule has 192 valence electrons. The SMILES string of the molecule is CCSC(/C=C/C(C#N)=C/C=C1/N(CCC(=O)O)c2ccc3ccccc3c2C1(C)C)=N/CCC(=O)O. The smallest absolute Gasteiger partial charge is 0.305 e. The molecule has 0 radical (unpaired) electrons. The van der Waals surface area contributed by atoms with Gasteiger partial charge < -0.3 is 15.1 Å². The molecule has 2 aromatic rings. The molecule has 0 fully saturated rings. The molecule has 0 spiro atoms. The Hall–Kier alpha value is -3.83. The number of rotatable bonds is 10. The number of aliphatic imine (C=N–C) groups is 1. The van der Waals surface area contributed by atoms with Crippen LogP contribution in [0.4, 0.5) is 5.69 Å². The lowest BCUT2D eigenvalue weighted by atomic mass is 9.81. The third-order valence-electron chi connectivity index (χ3n) is 6.14. The Labute approximate surface area is 221 Å². The molecule has 7 nitrogen and oxygen atoms in total. The van der Waals surface area contributed by atoms with E-state index in [2.05, 4.69) is 43.1 Å². The molecule has 2 N–H and O–H groups in total. The molecule has 0 aromatic heterocycles. The summed E-state index contributed by atoms with van der Waals surface area (Å²) in [4.78, 5) is 28.6. The molecule has 1 aliphatic rings. The third-order valence-corrected chi connectivity index (χ3v) is 6.99. The summed E-state index contributed by atoms with van der Waals surface area (Å²) in [6, 6.07) is 14.5. The predicted molar refractivity (Wildman–Crippen MR) is 150 cm³/mol. The molecule has 0 atom stereocenters. The number of aliphatic carboxylic acids is 2. The minimum Gasteiger partial charge on any atom is -0.481 e. The molecule has 0 bridgehead atoms. The Morgan fingerprint density at radius 3 is 2.51 bits per heavy atom. The van der Waals surface area contributed by atoms with E-state index in [1.807, 2.05) is 36.1 Å². The van der Waals surface area contributed by atoms with E-state index in [0.29, 0.717) is 17.2 Å². The number of thioether (sulfide) groups is 1. The molecular weight excluding hydrogens is 486 g/mol. The first kappa shape index (κ1) is 27.8. The highest BCUT2D eigenvalue weighted by Gasteiger charge is 2.41. The van der Waals surface area contributed by atoms with Crippen LogP contribution in [0.15, 0.2) is 77.0 Å². The van der Waals surface area contributed by atoms with Gasteiger partial charge in [0.1, 0.15) is 0 Å². The van der Waals surface area contributed by atoms with Crippen LogP contribution in [0.5, 0.6) is 0 Å². The molecule has 8 heteroatoms. The summed E-state index contributed by atoms with van der Waals surface area (Å²) in [5, 5.41) is 30.9. The fraction of sp³-hybridized carbons (Fsp3) is 0.310. The van der Waals surface area contributed by atoms with Crippen molar-refractivity contribution in [1.29, 1.82) is 5.26 Å². The Morgan fingerprint density at radius 2 is 1.84 bits per heavy atom. The lowest BCUT2D eigenvalue weighted by Crippen LogP contribution is -2.28. The van der Waals surface area contributed by atoms with Crippen molar-refractivity contribution < 1.29 is 19.8 Å². The monoisotopic (exact) mass is 517 g/mol. The fourth-order valence-electron chi connectivity index (χ4n) is 4.50. The van der Waals surface area contributed by atoms with Crippen LogP contribution < -0.4 is 4.90 Å². The molecule has 0 saturated carbocycles. The van der Waals surface area contributed by atoms with Crippen LogP contribution in [0, 0.1) is 11.3 Å².